The summed E-state index contributed by atoms with van der Waals surface area (Å²) in [5.41, 5.74) is 0. The van der Waals surface area contributed by atoms with Gasteiger partial charge in [0.25, 0.3) is 0 Å². The average molecular weight is 358 g/mol. The number of unbranched alkanes of at least 4 members (excludes halogenated alkanes) is 8. The number of carboxylic acid groups (broad SMARTS) is 2. The first-order chi connectivity index (χ1) is 10.8. The molecule has 6 nitrogen and oxygen atoms in total. The van der Waals surface area contributed by atoms with Gasteiger partial charge >= 0.3 is 35.5 Å². The van der Waals surface area contributed by atoms with Gasteiger partial charge in [-0.2, -0.15) is 0 Å². The maximum atomic E-state index is 10.2. The van der Waals surface area contributed by atoms with Crippen molar-refractivity contribution in [1.29, 1.82) is 0 Å². The van der Waals surface area contributed by atoms with Crippen LogP contribution in [0, 0.1) is 0 Å². The van der Waals surface area contributed by atoms with Crippen LogP contribution in [0.2, 0.25) is 0 Å². The van der Waals surface area contributed by atoms with Crippen molar-refractivity contribution in [2.24, 2.45) is 0 Å². The van der Waals surface area contributed by atoms with Gasteiger partial charge in [0.1, 0.15) is 0 Å². The molecule has 0 aliphatic heterocycles. The van der Waals surface area contributed by atoms with Crippen molar-refractivity contribution in [2.75, 3.05) is 6.61 Å². The summed E-state index contributed by atoms with van der Waals surface area (Å²) >= 11 is 0. The summed E-state index contributed by atoms with van der Waals surface area (Å²) in [4.78, 5) is 19.1. The van der Waals surface area contributed by atoms with Crippen LogP contribution in [0.15, 0.2) is 0 Å². The van der Waals surface area contributed by atoms with Gasteiger partial charge < -0.3 is 25.2 Å². The zero-order valence-corrected chi connectivity index (χ0v) is 17.9. The number of rotatable bonds is 11. The zero-order chi connectivity index (χ0) is 18.5. The third-order valence-electron chi connectivity index (χ3n) is 2.76. The van der Waals surface area contributed by atoms with Gasteiger partial charge in [-0.05, 0) is 20.3 Å². The summed E-state index contributed by atoms with van der Waals surface area (Å²) in [5, 5.41) is 33.3. The molecular formula is C17H35NaO6. The van der Waals surface area contributed by atoms with Gasteiger partial charge in [0.2, 0.25) is 0 Å². The second-order valence-corrected chi connectivity index (χ2v) is 5.50. The molecule has 0 radical (unpaired) electrons. The van der Waals surface area contributed by atoms with Crippen molar-refractivity contribution >= 4 is 11.9 Å². The Balaban J connectivity index is -0.000000166. The minimum absolute atomic E-state index is 0. The number of aliphatic hydroxyl groups is 2. The molecule has 1 unspecified atom stereocenters. The number of aliphatic carboxylic acids is 2. The maximum absolute atomic E-state index is 10.2. The van der Waals surface area contributed by atoms with E-state index in [1.54, 1.807) is 0 Å². The van der Waals surface area contributed by atoms with Crippen molar-refractivity contribution in [1.82, 2.24) is 0 Å². The van der Waals surface area contributed by atoms with E-state index in [9.17, 15) is 4.79 Å². The van der Waals surface area contributed by atoms with Gasteiger partial charge in [-0.25, -0.2) is 0 Å². The number of hydrogen-bond donors (Lipinski definition) is 3. The SMILES string of the molecule is CC(=O)[O-].CC(O)CO.CCCCCCCCCCCC(=O)O.[Na+]. The largest absolute Gasteiger partial charge is 1.00 e. The molecule has 0 aliphatic rings. The van der Waals surface area contributed by atoms with Crippen LogP contribution in [0.5, 0.6) is 0 Å². The van der Waals surface area contributed by atoms with E-state index in [0.717, 1.165) is 19.8 Å². The van der Waals surface area contributed by atoms with E-state index in [1.807, 2.05) is 0 Å². The molecule has 3 N–H and O–H groups in total. The van der Waals surface area contributed by atoms with E-state index in [-0.39, 0.29) is 36.2 Å². The van der Waals surface area contributed by atoms with E-state index < -0.39 is 18.0 Å². The fourth-order valence-electron chi connectivity index (χ4n) is 1.59. The molecule has 0 aromatic heterocycles. The minimum atomic E-state index is -1.08. The summed E-state index contributed by atoms with van der Waals surface area (Å²) in [6.45, 7) is 4.59. The molecule has 0 amide bonds. The molecule has 24 heavy (non-hydrogen) atoms. The second kappa shape index (κ2) is 27.7. The van der Waals surface area contributed by atoms with Crippen LogP contribution in [0.4, 0.5) is 0 Å². The van der Waals surface area contributed by atoms with Gasteiger partial charge in [0, 0.05) is 12.4 Å². The molecular weight excluding hydrogens is 323 g/mol. The summed E-state index contributed by atoms with van der Waals surface area (Å²) in [6.07, 6.45) is 10.9. The number of aliphatic hydroxyl groups excluding tert-OH is 2. The fraction of sp³-hybridized carbons (Fsp3) is 0.882. The molecule has 0 aromatic rings. The Hall–Kier alpha value is -0.140. The molecule has 0 aliphatic carbocycles. The number of carbonyl (C=O) groups is 2. The average Bonchev–Trinajstić information content (AvgIpc) is 2.45. The molecule has 0 spiro atoms. The molecule has 0 bridgehead atoms. The molecule has 0 aromatic carbocycles. The molecule has 0 saturated heterocycles. The number of carboxylic acids is 2. The van der Waals surface area contributed by atoms with E-state index in [4.69, 9.17) is 25.2 Å². The topological polar surface area (TPSA) is 118 Å². The first-order valence-electron chi connectivity index (χ1n) is 8.46. The van der Waals surface area contributed by atoms with E-state index in [2.05, 4.69) is 6.92 Å². The Labute approximate surface area is 169 Å². The van der Waals surface area contributed by atoms with E-state index in [0.29, 0.717) is 6.42 Å². The summed E-state index contributed by atoms with van der Waals surface area (Å²) in [5.74, 6) is -1.74. The van der Waals surface area contributed by atoms with E-state index >= 15 is 0 Å². The molecule has 1 atom stereocenters. The third-order valence-corrected chi connectivity index (χ3v) is 2.76. The van der Waals surface area contributed by atoms with Crippen molar-refractivity contribution in [2.45, 2.75) is 91.1 Å². The normalized spacial score (nSPS) is 10.2. The van der Waals surface area contributed by atoms with Gasteiger partial charge in [-0.1, -0.05) is 58.3 Å². The van der Waals surface area contributed by atoms with Gasteiger partial charge in [0.05, 0.1) is 12.7 Å². The second-order valence-electron chi connectivity index (χ2n) is 5.50. The van der Waals surface area contributed by atoms with Crippen molar-refractivity contribution in [3.05, 3.63) is 0 Å². The Kier molecular flexibility index (Phi) is 36.5. The first-order valence-corrected chi connectivity index (χ1v) is 8.46. The summed E-state index contributed by atoms with van der Waals surface area (Å²) < 4.78 is 0. The predicted octanol–water partition coefficient (Wildman–Crippen LogP) is -0.888. The molecule has 140 valence electrons. The Morgan fingerprint density at radius 1 is 0.958 bits per heavy atom. The molecule has 7 heteroatoms. The Morgan fingerprint density at radius 3 is 1.50 bits per heavy atom. The smallest absolute Gasteiger partial charge is 0.550 e. The van der Waals surface area contributed by atoms with Crippen molar-refractivity contribution in [3.63, 3.8) is 0 Å². The standard InChI is InChI=1S/C12H24O2.C3H8O2.C2H4O2.Na/c1-2-3-4-5-6-7-8-9-10-11-12(13)14;1-3(5)2-4;1-2(3)4;/h2-11H2,1H3,(H,13,14);3-5H,2H2,1H3;1H3,(H,3,4);/q;;;+1/p-1. The van der Waals surface area contributed by atoms with Gasteiger partial charge in [-0.15, -0.1) is 0 Å². The fourth-order valence-corrected chi connectivity index (χ4v) is 1.59. The monoisotopic (exact) mass is 358 g/mol. The van der Waals surface area contributed by atoms with Crippen LogP contribution in [0.1, 0.15) is 85.0 Å². The maximum Gasteiger partial charge on any atom is 1.00 e. The molecule has 0 heterocycles. The Morgan fingerprint density at radius 2 is 1.25 bits per heavy atom. The minimum Gasteiger partial charge on any atom is -0.550 e. The molecule has 0 fully saturated rings. The van der Waals surface area contributed by atoms with Crippen LogP contribution in [-0.2, 0) is 9.59 Å². The van der Waals surface area contributed by atoms with Crippen LogP contribution in [0.25, 0.3) is 0 Å². The quantitative estimate of drug-likeness (QED) is 0.326. The third kappa shape index (κ3) is 57.5. The zero-order valence-electron chi connectivity index (χ0n) is 15.9. The Bertz CT molecular complexity index is 255. The van der Waals surface area contributed by atoms with Gasteiger partial charge in [0.15, 0.2) is 0 Å². The summed E-state index contributed by atoms with van der Waals surface area (Å²) in [6, 6.07) is 0. The van der Waals surface area contributed by atoms with Crippen molar-refractivity contribution in [3.8, 4) is 0 Å². The van der Waals surface area contributed by atoms with E-state index in [1.165, 1.54) is 51.9 Å². The number of hydrogen-bond acceptors (Lipinski definition) is 5. The van der Waals surface area contributed by atoms with Crippen molar-refractivity contribution < 1.29 is 59.6 Å². The summed E-state index contributed by atoms with van der Waals surface area (Å²) in [7, 11) is 0. The van der Waals surface area contributed by atoms with Crippen LogP contribution < -0.4 is 34.7 Å². The van der Waals surface area contributed by atoms with Crippen LogP contribution >= 0.6 is 0 Å². The molecule has 0 saturated carbocycles. The predicted molar refractivity (Wildman–Crippen MR) is 88.9 cm³/mol. The van der Waals surface area contributed by atoms with Crippen LogP contribution in [-0.4, -0.2) is 40.0 Å². The number of carbonyl (C=O) groups excluding carboxylic acids is 1. The van der Waals surface area contributed by atoms with Gasteiger partial charge in [-0.3, -0.25) is 4.79 Å². The van der Waals surface area contributed by atoms with Crippen LogP contribution in [0.3, 0.4) is 0 Å². The molecule has 0 rings (SSSR count). The first kappa shape index (κ1) is 31.6.